The molecule has 6 nitrogen and oxygen atoms in total. The predicted molar refractivity (Wildman–Crippen MR) is 106 cm³/mol. The Labute approximate surface area is 158 Å². The molecule has 26 heavy (non-hydrogen) atoms. The first kappa shape index (κ1) is 18.5. The summed E-state index contributed by atoms with van der Waals surface area (Å²) in [5.41, 5.74) is 0.244. The molecule has 3 heterocycles. The lowest BCUT2D eigenvalue weighted by Gasteiger charge is -2.45. The Morgan fingerprint density at radius 2 is 1.88 bits per heavy atom. The van der Waals surface area contributed by atoms with Gasteiger partial charge in [-0.3, -0.25) is 14.8 Å². The summed E-state index contributed by atoms with van der Waals surface area (Å²) in [6, 6.07) is 1.37. The summed E-state index contributed by atoms with van der Waals surface area (Å²) in [5.74, 6) is 1.66. The van der Waals surface area contributed by atoms with Crippen molar-refractivity contribution in [3.8, 4) is 0 Å². The number of ether oxygens (including phenoxy) is 1. The van der Waals surface area contributed by atoms with Crippen LogP contribution in [-0.2, 0) is 4.74 Å². The molecule has 0 spiro atoms. The Kier molecular flexibility index (Phi) is 5.72. The molecule has 2 unspecified atom stereocenters. The Morgan fingerprint density at radius 3 is 2.54 bits per heavy atom. The number of aliphatic imine (C=N–C) groups is 1. The highest BCUT2D eigenvalue weighted by molar-refractivity contribution is 5.80. The molecule has 0 aromatic heterocycles. The minimum atomic E-state index is 0.244. The first-order valence-electron chi connectivity index (χ1n) is 10.7. The summed E-state index contributed by atoms with van der Waals surface area (Å²) in [6.07, 6.45) is 7.73. The van der Waals surface area contributed by atoms with Gasteiger partial charge in [0.05, 0.1) is 0 Å². The summed E-state index contributed by atoms with van der Waals surface area (Å²) in [6.45, 7) is 10.0. The number of nitrogens with one attached hydrogen (secondary N) is 2. The van der Waals surface area contributed by atoms with E-state index in [-0.39, 0.29) is 5.54 Å². The van der Waals surface area contributed by atoms with Crippen molar-refractivity contribution in [1.82, 2.24) is 20.4 Å². The van der Waals surface area contributed by atoms with Crippen molar-refractivity contribution in [1.29, 1.82) is 0 Å². The topological polar surface area (TPSA) is 52.1 Å². The van der Waals surface area contributed by atoms with Crippen molar-refractivity contribution in [2.75, 3.05) is 53.0 Å². The SMILES string of the molecule is CN=C(NCC1(N2CCCC2)CCOCC1)NC1CN(C2CC2)CC1C. The summed E-state index contributed by atoms with van der Waals surface area (Å²) >= 11 is 0. The highest BCUT2D eigenvalue weighted by Gasteiger charge is 2.41. The van der Waals surface area contributed by atoms with Crippen molar-refractivity contribution >= 4 is 5.96 Å². The monoisotopic (exact) mass is 363 g/mol. The molecule has 6 heteroatoms. The van der Waals surface area contributed by atoms with Crippen LogP contribution >= 0.6 is 0 Å². The van der Waals surface area contributed by atoms with Crippen molar-refractivity contribution in [2.24, 2.45) is 10.9 Å². The third-order valence-electron chi connectivity index (χ3n) is 7.03. The van der Waals surface area contributed by atoms with E-state index in [0.29, 0.717) is 12.0 Å². The van der Waals surface area contributed by atoms with Gasteiger partial charge in [-0.25, -0.2) is 0 Å². The molecule has 0 aromatic carbocycles. The number of guanidine groups is 1. The van der Waals surface area contributed by atoms with E-state index in [2.05, 4.69) is 32.3 Å². The highest BCUT2D eigenvalue weighted by atomic mass is 16.5. The molecule has 3 saturated heterocycles. The number of nitrogens with zero attached hydrogens (tertiary/aromatic N) is 3. The lowest BCUT2D eigenvalue weighted by Crippen LogP contribution is -2.59. The second-order valence-electron chi connectivity index (χ2n) is 8.87. The van der Waals surface area contributed by atoms with Crippen molar-refractivity contribution in [3.63, 3.8) is 0 Å². The largest absolute Gasteiger partial charge is 0.381 e. The van der Waals surface area contributed by atoms with Gasteiger partial charge in [0.15, 0.2) is 5.96 Å². The average molecular weight is 364 g/mol. The van der Waals surface area contributed by atoms with E-state index in [4.69, 9.17) is 4.74 Å². The van der Waals surface area contributed by atoms with Crippen molar-refractivity contribution in [2.45, 2.75) is 63.1 Å². The molecule has 0 bridgehead atoms. The van der Waals surface area contributed by atoms with E-state index in [0.717, 1.165) is 51.1 Å². The minimum absolute atomic E-state index is 0.244. The quantitative estimate of drug-likeness (QED) is 0.569. The van der Waals surface area contributed by atoms with Crippen LogP contribution in [-0.4, -0.2) is 86.4 Å². The third-order valence-corrected chi connectivity index (χ3v) is 7.03. The average Bonchev–Trinajstić information content (AvgIpc) is 3.23. The van der Waals surface area contributed by atoms with Gasteiger partial charge >= 0.3 is 0 Å². The molecule has 2 atom stereocenters. The fourth-order valence-corrected chi connectivity index (χ4v) is 5.10. The number of hydrogen-bond donors (Lipinski definition) is 2. The first-order chi connectivity index (χ1) is 12.7. The summed E-state index contributed by atoms with van der Waals surface area (Å²) in [4.78, 5) is 9.92. The van der Waals surface area contributed by atoms with Gasteiger partial charge < -0.3 is 15.4 Å². The summed E-state index contributed by atoms with van der Waals surface area (Å²) in [5, 5.41) is 7.41. The summed E-state index contributed by atoms with van der Waals surface area (Å²) < 4.78 is 5.67. The van der Waals surface area contributed by atoms with E-state index in [1.54, 1.807) is 0 Å². The lowest BCUT2D eigenvalue weighted by molar-refractivity contribution is -0.0164. The molecule has 148 valence electrons. The highest BCUT2D eigenvalue weighted by Crippen LogP contribution is 2.32. The molecule has 4 rings (SSSR count). The van der Waals surface area contributed by atoms with E-state index < -0.39 is 0 Å². The normalized spacial score (nSPS) is 33.5. The van der Waals surface area contributed by atoms with Gasteiger partial charge in [-0.15, -0.1) is 0 Å². The molecule has 4 aliphatic rings. The predicted octanol–water partition coefficient (Wildman–Crippen LogP) is 1.28. The van der Waals surface area contributed by atoms with Crippen molar-refractivity contribution in [3.05, 3.63) is 0 Å². The molecule has 1 saturated carbocycles. The standard InChI is InChI=1S/C20H37N5O/c1-16-13-24(17-5-6-17)14-18(16)23-19(21-2)22-15-20(7-11-26-12-8-20)25-9-3-4-10-25/h16-18H,3-15H2,1-2H3,(H2,21,22,23). The Balaban J connectivity index is 1.33. The molecular formula is C20H37N5O. The second-order valence-corrected chi connectivity index (χ2v) is 8.87. The van der Waals surface area contributed by atoms with Crippen LogP contribution in [0.4, 0.5) is 0 Å². The zero-order chi connectivity index (χ0) is 18.0. The Morgan fingerprint density at radius 1 is 1.15 bits per heavy atom. The van der Waals surface area contributed by atoms with Crippen LogP contribution < -0.4 is 10.6 Å². The molecule has 4 fully saturated rings. The minimum Gasteiger partial charge on any atom is -0.381 e. The number of rotatable bonds is 5. The molecule has 0 amide bonds. The van der Waals surface area contributed by atoms with Gasteiger partial charge in [0, 0.05) is 57.5 Å². The molecule has 0 radical (unpaired) electrons. The van der Waals surface area contributed by atoms with Gasteiger partial charge in [-0.2, -0.15) is 0 Å². The molecule has 3 aliphatic heterocycles. The van der Waals surface area contributed by atoms with Gasteiger partial charge in [-0.05, 0) is 57.5 Å². The lowest BCUT2D eigenvalue weighted by atomic mass is 9.88. The maximum absolute atomic E-state index is 5.67. The number of likely N-dealkylation sites (tertiary alicyclic amines) is 2. The van der Waals surface area contributed by atoms with Crippen LogP contribution in [0.15, 0.2) is 4.99 Å². The maximum Gasteiger partial charge on any atom is 0.191 e. The smallest absolute Gasteiger partial charge is 0.191 e. The van der Waals surface area contributed by atoms with Gasteiger partial charge in [-0.1, -0.05) is 6.92 Å². The maximum atomic E-state index is 5.67. The van der Waals surface area contributed by atoms with Crippen LogP contribution in [0.1, 0.15) is 45.4 Å². The van der Waals surface area contributed by atoms with Crippen molar-refractivity contribution < 1.29 is 4.74 Å². The van der Waals surface area contributed by atoms with Gasteiger partial charge in [0.25, 0.3) is 0 Å². The first-order valence-corrected chi connectivity index (χ1v) is 10.7. The molecule has 0 aromatic rings. The van der Waals surface area contributed by atoms with Crippen LogP contribution in [0, 0.1) is 5.92 Å². The third kappa shape index (κ3) is 4.02. The van der Waals surface area contributed by atoms with E-state index >= 15 is 0 Å². The Bertz CT molecular complexity index is 494. The molecule has 1 aliphatic carbocycles. The van der Waals surface area contributed by atoms with Gasteiger partial charge in [0.2, 0.25) is 0 Å². The van der Waals surface area contributed by atoms with E-state index in [1.165, 1.54) is 45.3 Å². The van der Waals surface area contributed by atoms with Gasteiger partial charge in [0.1, 0.15) is 0 Å². The fraction of sp³-hybridized carbons (Fsp3) is 0.950. The fourth-order valence-electron chi connectivity index (χ4n) is 5.10. The van der Waals surface area contributed by atoms with E-state index in [1.807, 2.05) is 7.05 Å². The second kappa shape index (κ2) is 8.03. The van der Waals surface area contributed by atoms with Crippen LogP contribution in [0.2, 0.25) is 0 Å². The van der Waals surface area contributed by atoms with E-state index in [9.17, 15) is 0 Å². The van der Waals surface area contributed by atoms with Crippen LogP contribution in [0.25, 0.3) is 0 Å². The number of hydrogen-bond acceptors (Lipinski definition) is 4. The van der Waals surface area contributed by atoms with Crippen LogP contribution in [0.5, 0.6) is 0 Å². The van der Waals surface area contributed by atoms with Crippen LogP contribution in [0.3, 0.4) is 0 Å². The molecular weight excluding hydrogens is 326 g/mol. The zero-order valence-electron chi connectivity index (χ0n) is 16.7. The molecule has 2 N–H and O–H groups in total. The summed E-state index contributed by atoms with van der Waals surface area (Å²) in [7, 11) is 1.90. The Hall–Kier alpha value is -0.850. The zero-order valence-corrected chi connectivity index (χ0v) is 16.7.